The number of benzene rings is 2. The summed E-state index contributed by atoms with van der Waals surface area (Å²) in [6.45, 7) is 2.61. The summed E-state index contributed by atoms with van der Waals surface area (Å²) in [6, 6.07) is 16.6. The smallest absolute Gasteiger partial charge is 0.246 e. The van der Waals surface area contributed by atoms with Crippen LogP contribution in [0, 0.1) is 6.92 Å². The lowest BCUT2D eigenvalue weighted by molar-refractivity contribution is -0.141. The van der Waals surface area contributed by atoms with Gasteiger partial charge in [-0.1, -0.05) is 47.6 Å². The molecule has 3 atom stereocenters. The van der Waals surface area contributed by atoms with Crippen LogP contribution in [-0.2, 0) is 33.9 Å². The molecule has 3 aromatic heterocycles. The van der Waals surface area contributed by atoms with E-state index in [1.165, 1.54) is 16.7 Å². The van der Waals surface area contributed by atoms with E-state index >= 15 is 0 Å². The molecule has 53 heavy (non-hydrogen) atoms. The van der Waals surface area contributed by atoms with Gasteiger partial charge in [-0.2, -0.15) is 0 Å². The number of likely N-dealkylation sites (N-methyl/N-ethyl adjacent to an activating group) is 1. The third kappa shape index (κ3) is 8.72. The second-order valence-electron chi connectivity index (χ2n) is 13.1. The molecule has 5 aromatic rings. The molecule has 1 aliphatic heterocycles. The third-order valence-corrected chi connectivity index (χ3v) is 11.2. The second-order valence-corrected chi connectivity index (χ2v) is 14.5. The molecule has 12 nitrogen and oxygen atoms in total. The van der Waals surface area contributed by atoms with Crippen LogP contribution in [0.2, 0.25) is 5.02 Å². The van der Waals surface area contributed by atoms with Gasteiger partial charge < -0.3 is 37.3 Å². The predicted octanol–water partition coefficient (Wildman–Crippen LogP) is 4.08. The van der Waals surface area contributed by atoms with Gasteiger partial charge in [0.15, 0.2) is 0 Å². The standard InChI is InChI=1S/C39H44ClN9O3S/c1-23-29(28-8-3-4-9-31(28)47-23)19-34-37(51)46-22-27-17-26(24-11-15-43-16-12-24)18-30(40)35(27)53-38-25(7-6-14-44-38)21-45-32(10-5-13-41)36(50)48-33(20-42)39(52)49(34)2/h3-4,6-9,11-12,14-18,32-34,45,47H,5,10,13,19-22,41-42H2,1-2H3,(H,46,51)(H,48,50)/t32-,33-,34-/m0/s1. The molecule has 1 aliphatic rings. The Morgan fingerprint density at radius 3 is 2.49 bits per heavy atom. The maximum atomic E-state index is 14.5. The average molecular weight is 754 g/mol. The summed E-state index contributed by atoms with van der Waals surface area (Å²) in [5, 5.41) is 11.5. The van der Waals surface area contributed by atoms with E-state index in [1.807, 2.05) is 67.6 Å². The first kappa shape index (κ1) is 38.0. The summed E-state index contributed by atoms with van der Waals surface area (Å²) in [5.41, 5.74) is 18.1. The van der Waals surface area contributed by atoms with Crippen LogP contribution < -0.4 is 27.4 Å². The Kier molecular flexibility index (Phi) is 12.4. The van der Waals surface area contributed by atoms with Crippen molar-refractivity contribution >= 4 is 52.0 Å². The van der Waals surface area contributed by atoms with Gasteiger partial charge >= 0.3 is 0 Å². The lowest BCUT2D eigenvalue weighted by Crippen LogP contribution is -2.59. The van der Waals surface area contributed by atoms with E-state index in [0.29, 0.717) is 36.0 Å². The van der Waals surface area contributed by atoms with Gasteiger partial charge in [0.1, 0.15) is 17.1 Å². The minimum atomic E-state index is -1.07. The zero-order valence-electron chi connectivity index (χ0n) is 29.7. The number of hydrogen-bond donors (Lipinski definition) is 6. The molecule has 14 heteroatoms. The van der Waals surface area contributed by atoms with Crippen molar-refractivity contribution in [3.8, 4) is 11.1 Å². The second kappa shape index (κ2) is 17.4. The molecular formula is C39H44ClN9O3S. The van der Waals surface area contributed by atoms with Crippen LogP contribution in [-0.4, -0.2) is 75.8 Å². The molecule has 0 aliphatic carbocycles. The van der Waals surface area contributed by atoms with Crippen molar-refractivity contribution in [1.29, 1.82) is 0 Å². The number of rotatable bonds is 7. The van der Waals surface area contributed by atoms with Crippen LogP contribution in [0.25, 0.3) is 22.0 Å². The number of nitrogens with two attached hydrogens (primary N) is 2. The Morgan fingerprint density at radius 2 is 1.72 bits per heavy atom. The normalized spacial score (nSPS) is 18.9. The van der Waals surface area contributed by atoms with Crippen LogP contribution in [0.4, 0.5) is 0 Å². The van der Waals surface area contributed by atoms with Gasteiger partial charge in [0, 0.05) is 73.2 Å². The minimum absolute atomic E-state index is 0.115. The molecule has 8 N–H and O–H groups in total. The molecule has 2 aromatic carbocycles. The number of hydrogen-bond acceptors (Lipinski definition) is 9. The van der Waals surface area contributed by atoms with E-state index in [0.717, 1.165) is 49.3 Å². The number of aromatic amines is 1. The van der Waals surface area contributed by atoms with Crippen molar-refractivity contribution in [2.45, 2.75) is 67.3 Å². The van der Waals surface area contributed by atoms with E-state index in [1.54, 1.807) is 25.6 Å². The minimum Gasteiger partial charge on any atom is -0.358 e. The number of H-pyrrole nitrogens is 1. The van der Waals surface area contributed by atoms with Gasteiger partial charge in [-0.15, -0.1) is 0 Å². The fourth-order valence-electron chi connectivity index (χ4n) is 6.63. The quantitative estimate of drug-likeness (QED) is 0.143. The maximum Gasteiger partial charge on any atom is 0.246 e. The van der Waals surface area contributed by atoms with Gasteiger partial charge in [0.05, 0.1) is 11.1 Å². The van der Waals surface area contributed by atoms with E-state index in [9.17, 15) is 14.4 Å². The Bertz CT molecular complexity index is 2090. The number of aryl methyl sites for hydroxylation is 1. The monoisotopic (exact) mass is 753 g/mol. The highest BCUT2D eigenvalue weighted by molar-refractivity contribution is 7.99. The summed E-state index contributed by atoms with van der Waals surface area (Å²) >= 11 is 8.46. The Balaban J connectivity index is 1.45. The van der Waals surface area contributed by atoms with Crippen LogP contribution in [0.1, 0.15) is 35.2 Å². The molecule has 6 rings (SSSR count). The predicted molar refractivity (Wildman–Crippen MR) is 208 cm³/mol. The summed E-state index contributed by atoms with van der Waals surface area (Å²) < 4.78 is 0. The molecule has 4 heterocycles. The fourth-order valence-corrected chi connectivity index (χ4v) is 7.98. The van der Waals surface area contributed by atoms with Crippen LogP contribution in [0.3, 0.4) is 0 Å². The Morgan fingerprint density at radius 1 is 0.925 bits per heavy atom. The Hall–Kier alpha value is -4.79. The molecule has 3 amide bonds. The number of pyridine rings is 2. The lowest BCUT2D eigenvalue weighted by atomic mass is 10.00. The third-order valence-electron chi connectivity index (χ3n) is 9.58. The highest BCUT2D eigenvalue weighted by Gasteiger charge is 2.34. The molecule has 0 unspecified atom stereocenters. The highest BCUT2D eigenvalue weighted by atomic mass is 35.5. The Labute approximate surface area is 317 Å². The van der Waals surface area contributed by atoms with E-state index in [2.05, 4.69) is 30.9 Å². The number of fused-ring (bicyclic) bond motifs is 3. The SMILES string of the molecule is Cc1[nH]c2ccccc2c1C[C@H]1C(=O)NCc2cc(-c3ccncc3)cc(Cl)c2Sc2ncccc2CN[C@@H](CCCN)C(=O)N[C@@H](CN)C(=O)N1C. The fraction of sp³-hybridized carbons (Fsp3) is 0.308. The van der Waals surface area contributed by atoms with Gasteiger partial charge in [0.2, 0.25) is 17.7 Å². The van der Waals surface area contributed by atoms with E-state index in [4.69, 9.17) is 23.1 Å². The topological polar surface area (TPSA) is 184 Å². The number of nitrogens with one attached hydrogen (secondary N) is 4. The van der Waals surface area contributed by atoms with Crippen molar-refractivity contribution in [2.75, 3.05) is 20.1 Å². The first-order chi connectivity index (χ1) is 25.7. The first-order valence-electron chi connectivity index (χ1n) is 17.6. The molecule has 0 saturated heterocycles. The number of aromatic nitrogens is 3. The van der Waals surface area contributed by atoms with Crippen molar-refractivity contribution in [2.24, 2.45) is 11.5 Å². The largest absolute Gasteiger partial charge is 0.358 e. The number of carbonyl (C=O) groups excluding carboxylic acids is 3. The molecule has 276 valence electrons. The van der Waals surface area contributed by atoms with Gasteiger partial charge in [-0.3, -0.25) is 19.4 Å². The van der Waals surface area contributed by atoms with Crippen LogP contribution >= 0.6 is 23.4 Å². The number of nitrogens with zero attached hydrogens (tertiary/aromatic N) is 3. The van der Waals surface area contributed by atoms with Crippen molar-refractivity contribution in [1.82, 2.24) is 35.8 Å². The summed E-state index contributed by atoms with van der Waals surface area (Å²) in [6.07, 6.45) is 6.36. The first-order valence-corrected chi connectivity index (χ1v) is 18.8. The van der Waals surface area contributed by atoms with Crippen molar-refractivity contribution < 1.29 is 14.4 Å². The van der Waals surface area contributed by atoms with E-state index in [-0.39, 0.29) is 31.3 Å². The zero-order chi connectivity index (χ0) is 37.5. The van der Waals surface area contributed by atoms with Crippen molar-refractivity contribution in [3.05, 3.63) is 107 Å². The molecule has 0 bridgehead atoms. The van der Waals surface area contributed by atoms with Gasteiger partial charge in [-0.25, -0.2) is 4.98 Å². The summed E-state index contributed by atoms with van der Waals surface area (Å²) in [5.74, 6) is -1.24. The molecular weight excluding hydrogens is 710 g/mol. The summed E-state index contributed by atoms with van der Waals surface area (Å²) in [4.78, 5) is 56.8. The van der Waals surface area contributed by atoms with Gasteiger partial charge in [-0.05, 0) is 90.5 Å². The maximum absolute atomic E-state index is 14.5. The van der Waals surface area contributed by atoms with E-state index < -0.39 is 24.0 Å². The molecule has 0 spiro atoms. The number of amides is 3. The summed E-state index contributed by atoms with van der Waals surface area (Å²) in [7, 11) is 1.58. The lowest BCUT2D eigenvalue weighted by Gasteiger charge is -2.31. The van der Waals surface area contributed by atoms with Crippen molar-refractivity contribution in [3.63, 3.8) is 0 Å². The number of carbonyl (C=O) groups is 3. The van der Waals surface area contributed by atoms with Gasteiger partial charge in [0.25, 0.3) is 0 Å². The molecule has 0 saturated carbocycles. The molecule has 0 radical (unpaired) electrons. The van der Waals surface area contributed by atoms with Crippen LogP contribution in [0.5, 0.6) is 0 Å². The number of para-hydroxylation sites is 1. The average Bonchev–Trinajstić information content (AvgIpc) is 3.49. The zero-order valence-corrected chi connectivity index (χ0v) is 31.3. The highest BCUT2D eigenvalue weighted by Crippen LogP contribution is 2.39. The van der Waals surface area contributed by atoms with Crippen LogP contribution in [0.15, 0.2) is 89.2 Å². The number of halogens is 1. The molecule has 0 fully saturated rings.